The minimum absolute atomic E-state index is 0.0649. The Bertz CT molecular complexity index is 440. The molecule has 1 rings (SSSR count). The molecule has 0 N–H and O–H groups in total. The van der Waals surface area contributed by atoms with E-state index in [9.17, 15) is 9.18 Å². The summed E-state index contributed by atoms with van der Waals surface area (Å²) in [5, 5.41) is 8.50. The Labute approximate surface area is 91.0 Å². The zero-order valence-corrected chi connectivity index (χ0v) is 8.64. The lowest BCUT2D eigenvalue weighted by molar-refractivity contribution is 0.0521. The standard InChI is InChI=1S/C10H7ClFNO2/c1-2-15-10(14)8-7(11)4-3-6(5-13)9(8)12/h3-4H,2H2,1H3. The van der Waals surface area contributed by atoms with Gasteiger partial charge in [0.15, 0.2) is 5.82 Å². The van der Waals surface area contributed by atoms with E-state index < -0.39 is 17.3 Å². The van der Waals surface area contributed by atoms with Crippen molar-refractivity contribution in [1.29, 1.82) is 5.26 Å². The van der Waals surface area contributed by atoms with Gasteiger partial charge in [0, 0.05) is 0 Å². The summed E-state index contributed by atoms with van der Waals surface area (Å²) < 4.78 is 18.1. The van der Waals surface area contributed by atoms with Gasteiger partial charge in [-0.15, -0.1) is 0 Å². The van der Waals surface area contributed by atoms with Crippen LogP contribution in [-0.4, -0.2) is 12.6 Å². The monoisotopic (exact) mass is 227 g/mol. The van der Waals surface area contributed by atoms with E-state index in [1.807, 2.05) is 0 Å². The van der Waals surface area contributed by atoms with E-state index >= 15 is 0 Å². The van der Waals surface area contributed by atoms with Gasteiger partial charge in [-0.05, 0) is 19.1 Å². The molecule has 0 saturated carbocycles. The van der Waals surface area contributed by atoms with E-state index in [0.29, 0.717) is 0 Å². The first-order valence-corrected chi connectivity index (χ1v) is 4.54. The molecule has 0 unspecified atom stereocenters. The number of ether oxygens (including phenoxy) is 1. The Hall–Kier alpha value is -1.60. The smallest absolute Gasteiger partial charge is 0.342 e. The van der Waals surface area contributed by atoms with Crippen LogP contribution in [0.1, 0.15) is 22.8 Å². The number of hydrogen-bond donors (Lipinski definition) is 0. The highest BCUT2D eigenvalue weighted by Gasteiger charge is 2.20. The van der Waals surface area contributed by atoms with Crippen molar-refractivity contribution in [2.75, 3.05) is 6.61 Å². The first-order valence-electron chi connectivity index (χ1n) is 4.17. The highest BCUT2D eigenvalue weighted by Crippen LogP contribution is 2.22. The largest absolute Gasteiger partial charge is 0.462 e. The molecule has 0 heterocycles. The molecule has 0 radical (unpaired) electrons. The third-order valence-corrected chi connectivity index (χ3v) is 2.01. The topological polar surface area (TPSA) is 50.1 Å². The van der Waals surface area contributed by atoms with E-state index in [4.69, 9.17) is 16.9 Å². The predicted octanol–water partition coefficient (Wildman–Crippen LogP) is 2.53. The van der Waals surface area contributed by atoms with Crippen molar-refractivity contribution in [2.24, 2.45) is 0 Å². The molecule has 0 atom stereocenters. The molecule has 5 heteroatoms. The van der Waals surface area contributed by atoms with Crippen molar-refractivity contribution in [2.45, 2.75) is 6.92 Å². The predicted molar refractivity (Wildman–Crippen MR) is 52.1 cm³/mol. The number of hydrogen-bond acceptors (Lipinski definition) is 3. The second-order valence-corrected chi connectivity index (χ2v) is 3.02. The molecule has 0 aliphatic heterocycles. The van der Waals surface area contributed by atoms with Gasteiger partial charge in [-0.25, -0.2) is 9.18 Å². The van der Waals surface area contributed by atoms with Crippen LogP contribution >= 0.6 is 11.6 Å². The molecule has 1 aromatic rings. The Morgan fingerprint density at radius 2 is 2.33 bits per heavy atom. The van der Waals surface area contributed by atoms with Gasteiger partial charge in [-0.3, -0.25) is 0 Å². The van der Waals surface area contributed by atoms with Gasteiger partial charge in [0.2, 0.25) is 0 Å². The maximum absolute atomic E-state index is 13.5. The number of halogens is 2. The highest BCUT2D eigenvalue weighted by atomic mass is 35.5. The molecule has 15 heavy (non-hydrogen) atoms. The zero-order chi connectivity index (χ0) is 11.4. The van der Waals surface area contributed by atoms with Crippen LogP contribution in [0.15, 0.2) is 12.1 Å². The molecule has 0 saturated heterocycles. The van der Waals surface area contributed by atoms with Crippen LogP contribution in [0.4, 0.5) is 4.39 Å². The van der Waals surface area contributed by atoms with Crippen molar-refractivity contribution in [3.8, 4) is 6.07 Å². The fraction of sp³-hybridized carbons (Fsp3) is 0.200. The Kier molecular flexibility index (Phi) is 3.64. The van der Waals surface area contributed by atoms with Crippen LogP contribution < -0.4 is 0 Å². The van der Waals surface area contributed by atoms with Gasteiger partial charge in [-0.2, -0.15) is 5.26 Å². The van der Waals surface area contributed by atoms with Crippen LogP contribution in [0, 0.1) is 17.1 Å². The SMILES string of the molecule is CCOC(=O)c1c(Cl)ccc(C#N)c1F. The second kappa shape index (κ2) is 4.76. The van der Waals surface area contributed by atoms with Gasteiger partial charge < -0.3 is 4.74 Å². The van der Waals surface area contributed by atoms with Gasteiger partial charge in [0.05, 0.1) is 17.2 Å². The Morgan fingerprint density at radius 1 is 1.67 bits per heavy atom. The Balaban J connectivity index is 3.28. The van der Waals surface area contributed by atoms with E-state index in [0.717, 1.165) is 0 Å². The van der Waals surface area contributed by atoms with Gasteiger partial charge >= 0.3 is 5.97 Å². The molecule has 0 aliphatic carbocycles. The summed E-state index contributed by atoms with van der Waals surface area (Å²) in [7, 11) is 0. The quantitative estimate of drug-likeness (QED) is 0.730. The molecule has 0 bridgehead atoms. The maximum Gasteiger partial charge on any atom is 0.342 e. The lowest BCUT2D eigenvalue weighted by Gasteiger charge is -2.05. The lowest BCUT2D eigenvalue weighted by Crippen LogP contribution is -2.09. The minimum atomic E-state index is -0.941. The van der Waals surface area contributed by atoms with Crippen LogP contribution in [0.3, 0.4) is 0 Å². The lowest BCUT2D eigenvalue weighted by atomic mass is 10.1. The first-order chi connectivity index (χ1) is 7.11. The molecule has 78 valence electrons. The number of esters is 1. The van der Waals surface area contributed by atoms with Crippen molar-refractivity contribution in [3.05, 3.63) is 34.1 Å². The maximum atomic E-state index is 13.5. The molecular formula is C10H7ClFNO2. The number of carbonyl (C=O) groups is 1. The van der Waals surface area contributed by atoms with Crippen LogP contribution in [-0.2, 0) is 4.74 Å². The molecule has 3 nitrogen and oxygen atoms in total. The second-order valence-electron chi connectivity index (χ2n) is 2.62. The molecule has 0 spiro atoms. The molecule has 0 aromatic heterocycles. The summed E-state index contributed by atoms with van der Waals surface area (Å²) in [4.78, 5) is 11.3. The number of benzene rings is 1. The van der Waals surface area contributed by atoms with Crippen molar-refractivity contribution >= 4 is 17.6 Å². The molecule has 0 amide bonds. The minimum Gasteiger partial charge on any atom is -0.462 e. The van der Waals surface area contributed by atoms with Crippen LogP contribution in [0.5, 0.6) is 0 Å². The van der Waals surface area contributed by atoms with Gasteiger partial charge in [0.1, 0.15) is 11.6 Å². The number of nitrogens with zero attached hydrogens (tertiary/aromatic N) is 1. The van der Waals surface area contributed by atoms with Crippen LogP contribution in [0.25, 0.3) is 0 Å². The molecular weight excluding hydrogens is 221 g/mol. The van der Waals surface area contributed by atoms with E-state index in [1.54, 1.807) is 13.0 Å². The Morgan fingerprint density at radius 3 is 2.87 bits per heavy atom. The van der Waals surface area contributed by atoms with Gasteiger partial charge in [0.25, 0.3) is 0 Å². The van der Waals surface area contributed by atoms with E-state index in [-0.39, 0.29) is 17.2 Å². The summed E-state index contributed by atoms with van der Waals surface area (Å²) in [6.45, 7) is 1.71. The normalized spacial score (nSPS) is 9.47. The summed E-state index contributed by atoms with van der Waals surface area (Å²) >= 11 is 5.64. The fourth-order valence-electron chi connectivity index (χ4n) is 1.03. The average Bonchev–Trinajstić information content (AvgIpc) is 2.18. The molecule has 0 fully saturated rings. The third kappa shape index (κ3) is 2.25. The first kappa shape index (κ1) is 11.5. The summed E-state index contributed by atoms with van der Waals surface area (Å²) in [6, 6.07) is 4.11. The number of nitriles is 1. The fourth-order valence-corrected chi connectivity index (χ4v) is 1.25. The van der Waals surface area contributed by atoms with Crippen molar-refractivity contribution in [1.82, 2.24) is 0 Å². The van der Waals surface area contributed by atoms with Crippen molar-refractivity contribution < 1.29 is 13.9 Å². The van der Waals surface area contributed by atoms with Crippen LogP contribution in [0.2, 0.25) is 5.02 Å². The molecule has 1 aromatic carbocycles. The number of carbonyl (C=O) groups excluding carboxylic acids is 1. The zero-order valence-electron chi connectivity index (χ0n) is 7.88. The summed E-state index contributed by atoms with van der Waals surface area (Å²) in [5.41, 5.74) is -0.625. The van der Waals surface area contributed by atoms with Gasteiger partial charge in [-0.1, -0.05) is 11.6 Å². The third-order valence-electron chi connectivity index (χ3n) is 1.69. The average molecular weight is 228 g/mol. The van der Waals surface area contributed by atoms with E-state index in [2.05, 4.69) is 4.74 Å². The van der Waals surface area contributed by atoms with E-state index in [1.165, 1.54) is 12.1 Å². The number of rotatable bonds is 2. The highest BCUT2D eigenvalue weighted by molar-refractivity contribution is 6.33. The summed E-state index contributed by atoms with van der Waals surface area (Å²) in [6.07, 6.45) is 0. The summed E-state index contributed by atoms with van der Waals surface area (Å²) in [5.74, 6) is -1.81. The van der Waals surface area contributed by atoms with Crippen molar-refractivity contribution in [3.63, 3.8) is 0 Å². The molecule has 0 aliphatic rings.